The smallest absolute Gasteiger partial charge is 0.276 e. The molecule has 1 saturated heterocycles. The van der Waals surface area contributed by atoms with Crippen LogP contribution in [0.4, 0.5) is 0 Å². The number of amides is 5. The van der Waals surface area contributed by atoms with Gasteiger partial charge < -0.3 is 35.0 Å². The lowest BCUT2D eigenvalue weighted by Gasteiger charge is -2.25. The van der Waals surface area contributed by atoms with Gasteiger partial charge in [0.05, 0.1) is 0 Å². The minimum absolute atomic E-state index is 0.0387. The van der Waals surface area contributed by atoms with E-state index < -0.39 is 53.8 Å². The zero-order valence-electron chi connectivity index (χ0n) is 28.6. The Hall–Kier alpha value is -5.01. The number of carbonyl (C=O) groups excluding carboxylic acids is 5. The Labute approximate surface area is 290 Å². The van der Waals surface area contributed by atoms with Crippen molar-refractivity contribution in [1.29, 1.82) is 0 Å². The van der Waals surface area contributed by atoms with Gasteiger partial charge in [0.25, 0.3) is 11.8 Å². The van der Waals surface area contributed by atoms with E-state index >= 15 is 0 Å². The van der Waals surface area contributed by atoms with Crippen molar-refractivity contribution in [3.63, 3.8) is 0 Å². The molecule has 50 heavy (non-hydrogen) atoms. The Kier molecular flexibility index (Phi) is 10.6. The van der Waals surface area contributed by atoms with E-state index in [1.807, 2.05) is 44.2 Å². The number of hydrogen-bond acceptors (Lipinski definition) is 9. The van der Waals surface area contributed by atoms with E-state index in [-0.39, 0.29) is 54.4 Å². The molecule has 14 heteroatoms. The number of rotatable bonds is 7. The fourth-order valence-corrected chi connectivity index (χ4v) is 7.09. The summed E-state index contributed by atoms with van der Waals surface area (Å²) in [5.41, 5.74) is 0.782. The van der Waals surface area contributed by atoms with Crippen molar-refractivity contribution in [3.05, 3.63) is 71.6 Å². The first-order valence-corrected chi connectivity index (χ1v) is 17.5. The van der Waals surface area contributed by atoms with Crippen LogP contribution >= 0.6 is 0 Å². The largest absolute Gasteiger partial charge is 0.446 e. The summed E-state index contributed by atoms with van der Waals surface area (Å²) >= 11 is 0. The van der Waals surface area contributed by atoms with Crippen LogP contribution in [0.15, 0.2) is 51.7 Å². The van der Waals surface area contributed by atoms with Crippen LogP contribution in [0.5, 0.6) is 0 Å². The predicted molar refractivity (Wildman–Crippen MR) is 179 cm³/mol. The SMILES string of the molecule is CC(C)C[C@H]1NC(=O)c2coc(n2)[C@H](Cc2ccccc2)NC(=O)[C@@H]2C[C@H](NC(=O)CC3CCCC3)CN2C(=O)c2coc(n2)[C@@H](C)NC1=O. The number of nitrogens with one attached hydrogen (secondary N) is 4. The minimum Gasteiger partial charge on any atom is -0.446 e. The molecule has 0 unspecified atom stereocenters. The number of benzene rings is 1. The summed E-state index contributed by atoms with van der Waals surface area (Å²) < 4.78 is 11.4. The molecule has 4 heterocycles. The van der Waals surface area contributed by atoms with Gasteiger partial charge in [-0.15, -0.1) is 0 Å². The number of carbonyl (C=O) groups is 5. The van der Waals surface area contributed by atoms with Crippen LogP contribution in [-0.4, -0.2) is 69.1 Å². The molecule has 4 N–H and O–H groups in total. The van der Waals surface area contributed by atoms with Gasteiger partial charge in [-0.1, -0.05) is 57.0 Å². The van der Waals surface area contributed by atoms with Crippen LogP contribution in [0.3, 0.4) is 0 Å². The summed E-state index contributed by atoms with van der Waals surface area (Å²) in [4.78, 5) is 78.2. The molecule has 2 aliphatic heterocycles. The Bertz CT molecular complexity index is 1700. The van der Waals surface area contributed by atoms with Gasteiger partial charge in [-0.05, 0) is 50.0 Å². The topological polar surface area (TPSA) is 189 Å². The zero-order valence-corrected chi connectivity index (χ0v) is 28.6. The highest BCUT2D eigenvalue weighted by Crippen LogP contribution is 2.29. The standard InChI is InChI=1S/C36H45N7O7/c1-20(2)13-25-31(45)37-21(3)34-42-28(19-49-34)36(48)43-17-24(38-30(44)15-23-11-7-8-12-23)16-29(43)33(47)40-26(14-22-9-5-4-6-10-22)35-41-27(18-50-35)32(46)39-25/h4-6,9-10,18-21,23-26,29H,7-8,11-17H2,1-3H3,(H,37,45)(H,38,44)(H,39,46)(H,40,47)/t21-,24+,25-,26+,29+/m1/s1. The number of nitrogens with zero attached hydrogens (tertiary/aromatic N) is 3. The third-order valence-corrected chi connectivity index (χ3v) is 9.63. The van der Waals surface area contributed by atoms with E-state index in [9.17, 15) is 24.0 Å². The number of fused-ring (bicyclic) bond motifs is 5. The van der Waals surface area contributed by atoms with Crippen molar-refractivity contribution in [2.45, 2.75) is 102 Å². The quantitative estimate of drug-likeness (QED) is 0.289. The van der Waals surface area contributed by atoms with Gasteiger partial charge in [-0.2, -0.15) is 0 Å². The number of oxazole rings is 2. The van der Waals surface area contributed by atoms with Gasteiger partial charge in [0, 0.05) is 25.4 Å². The lowest BCUT2D eigenvalue weighted by molar-refractivity contribution is -0.126. The van der Waals surface area contributed by atoms with Crippen LogP contribution < -0.4 is 21.3 Å². The Morgan fingerprint density at radius 3 is 2.36 bits per heavy atom. The molecule has 6 rings (SSSR count). The summed E-state index contributed by atoms with van der Waals surface area (Å²) in [6, 6.07) is 5.51. The predicted octanol–water partition coefficient (Wildman–Crippen LogP) is 3.38. The van der Waals surface area contributed by atoms with E-state index in [2.05, 4.69) is 31.2 Å². The third-order valence-electron chi connectivity index (χ3n) is 9.63. The van der Waals surface area contributed by atoms with E-state index in [1.54, 1.807) is 6.92 Å². The van der Waals surface area contributed by atoms with Crippen molar-refractivity contribution in [2.24, 2.45) is 11.8 Å². The normalized spacial score (nSPS) is 25.0. The first-order valence-electron chi connectivity index (χ1n) is 17.5. The second kappa shape index (κ2) is 15.3. The van der Waals surface area contributed by atoms with E-state index in [4.69, 9.17) is 8.83 Å². The molecule has 2 fully saturated rings. The second-order valence-electron chi connectivity index (χ2n) is 14.1. The first-order chi connectivity index (χ1) is 24.0. The fourth-order valence-electron chi connectivity index (χ4n) is 7.09. The molecule has 3 aromatic rings. The second-order valence-corrected chi connectivity index (χ2v) is 14.1. The van der Waals surface area contributed by atoms with Gasteiger partial charge in [0.2, 0.25) is 29.5 Å². The maximum absolute atomic E-state index is 14.2. The molecule has 0 spiro atoms. The lowest BCUT2D eigenvalue weighted by Crippen LogP contribution is -2.48. The van der Waals surface area contributed by atoms with Gasteiger partial charge >= 0.3 is 0 Å². The van der Waals surface area contributed by atoms with E-state index in [0.717, 1.165) is 31.2 Å². The molecule has 1 saturated carbocycles. The molecule has 3 aliphatic rings. The van der Waals surface area contributed by atoms with Crippen LogP contribution in [0.2, 0.25) is 0 Å². The molecule has 1 aliphatic carbocycles. The Balaban J connectivity index is 1.33. The molecule has 14 nitrogen and oxygen atoms in total. The third kappa shape index (κ3) is 8.23. The summed E-state index contributed by atoms with van der Waals surface area (Å²) in [5, 5.41) is 11.7. The number of hydrogen-bond donors (Lipinski definition) is 4. The Morgan fingerprint density at radius 1 is 0.920 bits per heavy atom. The van der Waals surface area contributed by atoms with Gasteiger partial charge in [-0.25, -0.2) is 9.97 Å². The highest BCUT2D eigenvalue weighted by atomic mass is 16.3. The molecule has 5 atom stereocenters. The van der Waals surface area contributed by atoms with Crippen LogP contribution in [0.25, 0.3) is 0 Å². The maximum atomic E-state index is 14.2. The molecule has 0 radical (unpaired) electrons. The minimum atomic E-state index is -0.969. The molecule has 1 aromatic carbocycles. The van der Waals surface area contributed by atoms with Crippen LogP contribution in [0.1, 0.15) is 116 Å². The van der Waals surface area contributed by atoms with Gasteiger partial charge in [0.1, 0.15) is 36.7 Å². The molecule has 2 aromatic heterocycles. The lowest BCUT2D eigenvalue weighted by atomic mass is 10.0. The van der Waals surface area contributed by atoms with Crippen molar-refractivity contribution in [3.8, 4) is 0 Å². The van der Waals surface area contributed by atoms with Gasteiger partial charge in [0.15, 0.2) is 11.4 Å². The molecule has 266 valence electrons. The fraction of sp³-hybridized carbons (Fsp3) is 0.528. The van der Waals surface area contributed by atoms with Crippen LogP contribution in [-0.2, 0) is 20.8 Å². The summed E-state index contributed by atoms with van der Waals surface area (Å²) in [6.45, 7) is 5.61. The first kappa shape index (κ1) is 34.8. The average molecular weight is 688 g/mol. The van der Waals surface area contributed by atoms with Crippen molar-refractivity contribution < 1.29 is 32.8 Å². The molecule has 5 amide bonds. The average Bonchev–Trinajstić information content (AvgIpc) is 3.91. The van der Waals surface area contributed by atoms with E-state index in [0.29, 0.717) is 18.8 Å². The van der Waals surface area contributed by atoms with Crippen molar-refractivity contribution in [2.75, 3.05) is 6.54 Å². The number of aromatic nitrogens is 2. The molecule has 4 bridgehead atoms. The highest BCUT2D eigenvalue weighted by molar-refractivity contribution is 5.97. The summed E-state index contributed by atoms with van der Waals surface area (Å²) in [6.07, 6.45) is 7.89. The summed E-state index contributed by atoms with van der Waals surface area (Å²) in [5.74, 6) is -1.61. The molecular weight excluding hydrogens is 642 g/mol. The zero-order chi connectivity index (χ0) is 35.4. The van der Waals surface area contributed by atoms with Crippen molar-refractivity contribution >= 4 is 29.5 Å². The van der Waals surface area contributed by atoms with Crippen molar-refractivity contribution in [1.82, 2.24) is 36.1 Å². The summed E-state index contributed by atoms with van der Waals surface area (Å²) in [7, 11) is 0. The van der Waals surface area contributed by atoms with Gasteiger partial charge in [-0.3, -0.25) is 24.0 Å². The molecular formula is C36H45N7O7. The monoisotopic (exact) mass is 687 g/mol. The Morgan fingerprint density at radius 2 is 1.62 bits per heavy atom. The van der Waals surface area contributed by atoms with E-state index in [1.165, 1.54) is 17.4 Å². The maximum Gasteiger partial charge on any atom is 0.276 e. The van der Waals surface area contributed by atoms with Crippen LogP contribution in [0, 0.1) is 11.8 Å². The highest BCUT2D eigenvalue weighted by Gasteiger charge is 2.43.